The number of ether oxygens (including phenoxy) is 1. The van der Waals surface area contributed by atoms with Crippen LogP contribution in [0.3, 0.4) is 0 Å². The first-order valence-corrected chi connectivity index (χ1v) is 9.18. The zero-order chi connectivity index (χ0) is 17.9. The molecule has 130 valence electrons. The van der Waals surface area contributed by atoms with E-state index in [4.69, 9.17) is 4.74 Å². The molecule has 1 amide bonds. The van der Waals surface area contributed by atoms with Crippen molar-refractivity contribution in [1.29, 1.82) is 0 Å². The molecule has 2 heterocycles. The Labute approximate surface area is 148 Å². The van der Waals surface area contributed by atoms with Crippen molar-refractivity contribution in [2.75, 3.05) is 18.2 Å². The first-order valence-electron chi connectivity index (χ1n) is 7.38. The molecule has 24 heavy (non-hydrogen) atoms. The van der Waals surface area contributed by atoms with Gasteiger partial charge in [-0.1, -0.05) is 18.7 Å². The monoisotopic (exact) mass is 368 g/mol. The van der Waals surface area contributed by atoms with Gasteiger partial charge in [0.15, 0.2) is 5.16 Å². The van der Waals surface area contributed by atoms with Crippen LogP contribution in [-0.2, 0) is 23.0 Å². The van der Waals surface area contributed by atoms with Crippen LogP contribution in [-0.4, -0.2) is 39.5 Å². The Bertz CT molecular complexity index is 767. The van der Waals surface area contributed by atoms with E-state index in [0.29, 0.717) is 15.7 Å². The minimum Gasteiger partial charge on any atom is -0.465 e. The molecule has 0 aliphatic rings. The number of hydrogen-bond donors (Lipinski definition) is 1. The van der Waals surface area contributed by atoms with Gasteiger partial charge >= 0.3 is 5.97 Å². The van der Waals surface area contributed by atoms with Gasteiger partial charge in [-0.05, 0) is 19.4 Å². The van der Waals surface area contributed by atoms with E-state index < -0.39 is 5.97 Å². The summed E-state index contributed by atoms with van der Waals surface area (Å²) in [5.41, 5.74) is 1.25. The summed E-state index contributed by atoms with van der Waals surface area (Å²) in [6.45, 7) is 5.75. The topological polar surface area (TPSA) is 86.1 Å². The Morgan fingerprint density at radius 1 is 1.33 bits per heavy atom. The van der Waals surface area contributed by atoms with Crippen molar-refractivity contribution >= 4 is 40.0 Å². The molecule has 2 aromatic rings. The van der Waals surface area contributed by atoms with Gasteiger partial charge in [-0.15, -0.1) is 21.5 Å². The van der Waals surface area contributed by atoms with Gasteiger partial charge in [0, 0.05) is 18.3 Å². The number of nitrogens with one attached hydrogen (secondary N) is 1. The highest BCUT2D eigenvalue weighted by Gasteiger charge is 2.21. The number of anilines is 1. The molecule has 0 unspecified atom stereocenters. The fourth-order valence-corrected chi connectivity index (χ4v) is 3.93. The molecular formula is C15H20N4O3S2. The first kappa shape index (κ1) is 18.5. The molecule has 0 fully saturated rings. The summed E-state index contributed by atoms with van der Waals surface area (Å²) in [6.07, 6.45) is 0.784. The quantitative estimate of drug-likeness (QED) is 0.623. The summed E-state index contributed by atoms with van der Waals surface area (Å²) in [4.78, 5) is 25.1. The van der Waals surface area contributed by atoms with Gasteiger partial charge in [0.05, 0.1) is 18.4 Å². The minimum atomic E-state index is -0.444. The van der Waals surface area contributed by atoms with Crippen LogP contribution < -0.4 is 5.32 Å². The van der Waals surface area contributed by atoms with Crippen LogP contribution in [0.2, 0.25) is 0 Å². The van der Waals surface area contributed by atoms with E-state index in [-0.39, 0.29) is 11.7 Å². The van der Waals surface area contributed by atoms with E-state index in [0.717, 1.165) is 22.7 Å². The number of aryl methyl sites for hydroxylation is 2. The Morgan fingerprint density at radius 2 is 2.04 bits per heavy atom. The highest BCUT2D eigenvalue weighted by atomic mass is 32.2. The summed E-state index contributed by atoms with van der Waals surface area (Å²) in [6, 6.07) is 0. The molecule has 0 atom stereocenters. The molecule has 0 radical (unpaired) electrons. The number of carbonyl (C=O) groups excluding carboxylic acids is 2. The summed E-state index contributed by atoms with van der Waals surface area (Å²) < 4.78 is 6.67. The third kappa shape index (κ3) is 3.78. The molecule has 0 aliphatic carbocycles. The Kier molecular flexibility index (Phi) is 6.00. The third-order valence-corrected chi connectivity index (χ3v) is 5.74. The maximum Gasteiger partial charge on any atom is 0.341 e. The average molecular weight is 368 g/mol. The van der Waals surface area contributed by atoms with Crippen molar-refractivity contribution in [3.63, 3.8) is 0 Å². The van der Waals surface area contributed by atoms with Crippen molar-refractivity contribution in [3.05, 3.63) is 21.8 Å². The number of amides is 1. The van der Waals surface area contributed by atoms with Crippen LogP contribution in [0.4, 0.5) is 5.00 Å². The zero-order valence-electron chi connectivity index (χ0n) is 14.3. The largest absolute Gasteiger partial charge is 0.465 e. The Morgan fingerprint density at radius 3 is 2.62 bits per heavy atom. The van der Waals surface area contributed by atoms with Gasteiger partial charge in [-0.2, -0.15) is 0 Å². The number of aromatic nitrogens is 3. The van der Waals surface area contributed by atoms with Crippen LogP contribution in [0.5, 0.6) is 0 Å². The number of rotatable bonds is 6. The molecule has 2 rings (SSSR count). The molecule has 1 N–H and O–H groups in total. The summed E-state index contributed by atoms with van der Waals surface area (Å²) in [5, 5.41) is 12.1. The second-order valence-electron chi connectivity index (χ2n) is 5.13. The van der Waals surface area contributed by atoms with Crippen molar-refractivity contribution in [3.8, 4) is 0 Å². The van der Waals surface area contributed by atoms with Gasteiger partial charge in [-0.3, -0.25) is 4.79 Å². The summed E-state index contributed by atoms with van der Waals surface area (Å²) >= 11 is 2.68. The molecule has 7 nitrogen and oxygen atoms in total. The SMILES string of the molecule is CCc1nnc(SCC(=O)Nc2sc(C)c(C)c2C(=O)OC)n1C. The molecule has 0 spiro atoms. The lowest BCUT2D eigenvalue weighted by Gasteiger charge is -2.06. The average Bonchev–Trinajstić information content (AvgIpc) is 3.04. The second-order valence-corrected chi connectivity index (χ2v) is 7.29. The number of hydrogen-bond acceptors (Lipinski definition) is 7. The van der Waals surface area contributed by atoms with Gasteiger partial charge in [0.25, 0.3) is 0 Å². The molecule has 0 aromatic carbocycles. The lowest BCUT2D eigenvalue weighted by Crippen LogP contribution is -2.16. The maximum atomic E-state index is 12.2. The normalized spacial score (nSPS) is 10.7. The van der Waals surface area contributed by atoms with E-state index in [1.54, 1.807) is 0 Å². The number of esters is 1. The third-order valence-electron chi connectivity index (χ3n) is 3.60. The van der Waals surface area contributed by atoms with Gasteiger partial charge in [0.1, 0.15) is 10.8 Å². The van der Waals surface area contributed by atoms with E-state index >= 15 is 0 Å². The van der Waals surface area contributed by atoms with Gasteiger partial charge < -0.3 is 14.6 Å². The van der Waals surface area contributed by atoms with E-state index in [2.05, 4.69) is 15.5 Å². The smallest absolute Gasteiger partial charge is 0.341 e. The molecule has 0 bridgehead atoms. The van der Waals surface area contributed by atoms with Crippen LogP contribution in [0.15, 0.2) is 5.16 Å². The van der Waals surface area contributed by atoms with Crippen LogP contribution >= 0.6 is 23.1 Å². The Hall–Kier alpha value is -1.87. The lowest BCUT2D eigenvalue weighted by atomic mass is 10.1. The van der Waals surface area contributed by atoms with Crippen molar-refractivity contribution in [2.45, 2.75) is 32.3 Å². The molecule has 9 heteroatoms. The molecule has 0 saturated heterocycles. The summed E-state index contributed by atoms with van der Waals surface area (Å²) in [7, 11) is 3.20. The second kappa shape index (κ2) is 7.80. The molecule has 0 aliphatic heterocycles. The van der Waals surface area contributed by atoms with Gasteiger partial charge in [-0.25, -0.2) is 4.79 Å². The Balaban J connectivity index is 2.06. The maximum absolute atomic E-state index is 12.2. The van der Waals surface area contributed by atoms with E-state index in [1.807, 2.05) is 32.4 Å². The standard InChI is InChI=1S/C15H20N4O3S2/c1-6-10-17-18-15(19(10)4)23-7-11(20)16-13-12(14(21)22-5)8(2)9(3)24-13/h6-7H2,1-5H3,(H,16,20). The predicted octanol–water partition coefficient (Wildman–Crippen LogP) is 2.57. The fourth-order valence-electron chi connectivity index (χ4n) is 2.13. The zero-order valence-corrected chi connectivity index (χ0v) is 15.9. The number of nitrogens with zero attached hydrogens (tertiary/aromatic N) is 3. The van der Waals surface area contributed by atoms with E-state index in [1.165, 1.54) is 30.2 Å². The lowest BCUT2D eigenvalue weighted by molar-refractivity contribution is -0.113. The highest BCUT2D eigenvalue weighted by Crippen LogP contribution is 2.33. The number of carbonyl (C=O) groups is 2. The summed E-state index contributed by atoms with van der Waals surface area (Å²) in [5.74, 6) is 0.412. The van der Waals surface area contributed by atoms with Crippen LogP contribution in [0.25, 0.3) is 0 Å². The van der Waals surface area contributed by atoms with E-state index in [9.17, 15) is 9.59 Å². The molecular weight excluding hydrogens is 348 g/mol. The number of thiophene rings is 1. The fraction of sp³-hybridized carbons (Fsp3) is 0.467. The van der Waals surface area contributed by atoms with Crippen molar-refractivity contribution < 1.29 is 14.3 Å². The van der Waals surface area contributed by atoms with Crippen molar-refractivity contribution in [2.24, 2.45) is 7.05 Å². The molecule has 0 saturated carbocycles. The highest BCUT2D eigenvalue weighted by molar-refractivity contribution is 7.99. The molecule has 2 aromatic heterocycles. The number of methoxy groups -OCH3 is 1. The minimum absolute atomic E-state index is 0.187. The van der Waals surface area contributed by atoms with Crippen molar-refractivity contribution in [1.82, 2.24) is 14.8 Å². The van der Waals surface area contributed by atoms with Gasteiger partial charge in [0.2, 0.25) is 5.91 Å². The number of thioether (sulfide) groups is 1. The first-order chi connectivity index (χ1) is 11.4. The van der Waals surface area contributed by atoms with Crippen LogP contribution in [0, 0.1) is 13.8 Å². The predicted molar refractivity (Wildman–Crippen MR) is 94.9 cm³/mol. The van der Waals surface area contributed by atoms with Crippen LogP contribution in [0.1, 0.15) is 33.5 Å².